The number of thiazole rings is 1. The molecule has 1 saturated carbocycles. The molecule has 6 nitrogen and oxygen atoms in total. The molecular formula is C24H34F3N5OS. The van der Waals surface area contributed by atoms with Crippen molar-refractivity contribution >= 4 is 17.2 Å². The van der Waals surface area contributed by atoms with Crippen molar-refractivity contribution in [2.75, 3.05) is 19.6 Å². The number of carbonyl (C=O) groups is 1. The van der Waals surface area contributed by atoms with Gasteiger partial charge in [-0.2, -0.15) is 18.3 Å². The van der Waals surface area contributed by atoms with Gasteiger partial charge in [0.1, 0.15) is 0 Å². The van der Waals surface area contributed by atoms with Gasteiger partial charge in [0.2, 0.25) is 5.91 Å². The number of hydrogen-bond donors (Lipinski definition) is 1. The second kappa shape index (κ2) is 11.2. The van der Waals surface area contributed by atoms with E-state index in [9.17, 15) is 18.0 Å². The number of nitrogens with zero attached hydrogens (tertiary/aromatic N) is 4. The monoisotopic (exact) mass is 497 g/mol. The zero-order chi connectivity index (χ0) is 24.1. The summed E-state index contributed by atoms with van der Waals surface area (Å²) in [6, 6.07) is 0.278. The molecule has 10 heteroatoms. The second-order valence-electron chi connectivity index (χ2n) is 9.67. The molecule has 0 aromatic carbocycles. The van der Waals surface area contributed by atoms with Crippen molar-refractivity contribution in [2.45, 2.75) is 83.5 Å². The van der Waals surface area contributed by atoms with Crippen LogP contribution >= 0.6 is 11.3 Å². The van der Waals surface area contributed by atoms with Gasteiger partial charge in [-0.15, -0.1) is 11.3 Å². The quantitative estimate of drug-likeness (QED) is 0.591. The number of rotatable bonds is 8. The summed E-state index contributed by atoms with van der Waals surface area (Å²) in [7, 11) is 0. The number of carbonyl (C=O) groups excluding carboxylic acids is 1. The lowest BCUT2D eigenvalue weighted by molar-refractivity contribution is -0.137. The standard InChI is InChI=1S/C24H34F3N5OS/c1-17-28-15-21(34-17)14-23(33)29-20-4-2-18(3-5-20)6-10-31-11-7-19-16-32(13-9-24(25,26)27)30-22(19)8-12-31/h15-16,18,20H,2-14H2,1H3,(H,29,33). The SMILES string of the molecule is Cc1ncc(CC(=O)NC2CCC(CCN3CCc4cn(CCC(F)(F)F)nc4CC3)CC2)s1. The number of fused-ring (bicyclic) bond motifs is 1. The highest BCUT2D eigenvalue weighted by molar-refractivity contribution is 7.11. The summed E-state index contributed by atoms with van der Waals surface area (Å²) in [5.41, 5.74) is 2.05. The molecule has 2 aromatic heterocycles. The molecule has 4 rings (SSSR count). The minimum Gasteiger partial charge on any atom is -0.353 e. The summed E-state index contributed by atoms with van der Waals surface area (Å²) in [5.74, 6) is 0.783. The number of aromatic nitrogens is 3. The molecule has 2 aromatic rings. The molecule has 2 aliphatic rings. The molecule has 1 aliphatic carbocycles. The Morgan fingerprint density at radius 2 is 1.94 bits per heavy atom. The lowest BCUT2D eigenvalue weighted by Gasteiger charge is -2.30. The smallest absolute Gasteiger partial charge is 0.353 e. The van der Waals surface area contributed by atoms with E-state index >= 15 is 0 Å². The minimum absolute atomic E-state index is 0.0939. The van der Waals surface area contributed by atoms with Crippen molar-refractivity contribution in [3.8, 4) is 0 Å². The van der Waals surface area contributed by atoms with Crippen molar-refractivity contribution < 1.29 is 18.0 Å². The summed E-state index contributed by atoms with van der Waals surface area (Å²) >= 11 is 1.58. The van der Waals surface area contributed by atoms with Crippen molar-refractivity contribution in [3.05, 3.63) is 33.5 Å². The third-order valence-corrected chi connectivity index (χ3v) is 7.89. The lowest BCUT2D eigenvalue weighted by Crippen LogP contribution is -2.39. The Bertz CT molecular complexity index is 923. The lowest BCUT2D eigenvalue weighted by atomic mass is 9.84. The van der Waals surface area contributed by atoms with E-state index in [1.54, 1.807) is 23.7 Å². The fourth-order valence-corrected chi connectivity index (χ4v) is 5.83. The molecule has 1 aliphatic heterocycles. The average molecular weight is 498 g/mol. The zero-order valence-electron chi connectivity index (χ0n) is 19.7. The van der Waals surface area contributed by atoms with Gasteiger partial charge in [-0.25, -0.2) is 4.98 Å². The molecule has 188 valence electrons. The van der Waals surface area contributed by atoms with Crippen LogP contribution in [0.1, 0.15) is 59.7 Å². The summed E-state index contributed by atoms with van der Waals surface area (Å²) in [4.78, 5) is 20.0. The molecule has 0 radical (unpaired) electrons. The molecule has 0 spiro atoms. The largest absolute Gasteiger partial charge is 0.390 e. The number of halogens is 3. The molecule has 3 heterocycles. The van der Waals surface area contributed by atoms with E-state index in [4.69, 9.17) is 0 Å². The normalized spacial score (nSPS) is 21.8. The predicted molar refractivity (Wildman–Crippen MR) is 126 cm³/mol. The van der Waals surface area contributed by atoms with Gasteiger partial charge in [-0.05, 0) is 63.5 Å². The molecule has 0 unspecified atom stereocenters. The van der Waals surface area contributed by atoms with Crippen molar-refractivity contribution in [2.24, 2.45) is 5.92 Å². The maximum Gasteiger partial charge on any atom is 0.390 e. The first-order chi connectivity index (χ1) is 16.2. The Morgan fingerprint density at radius 1 is 1.18 bits per heavy atom. The molecule has 1 fully saturated rings. The third-order valence-electron chi connectivity index (χ3n) is 6.98. The number of nitrogens with one attached hydrogen (secondary N) is 1. The van der Waals surface area contributed by atoms with Crippen LogP contribution in [0.5, 0.6) is 0 Å². The minimum atomic E-state index is -4.15. The average Bonchev–Trinajstić information content (AvgIpc) is 3.32. The van der Waals surface area contributed by atoms with Gasteiger partial charge in [0.25, 0.3) is 0 Å². The van der Waals surface area contributed by atoms with Crippen LogP contribution in [-0.2, 0) is 30.6 Å². The molecule has 0 saturated heterocycles. The predicted octanol–water partition coefficient (Wildman–Crippen LogP) is 4.31. The van der Waals surface area contributed by atoms with Gasteiger partial charge >= 0.3 is 6.18 Å². The van der Waals surface area contributed by atoms with Crippen LogP contribution in [0.4, 0.5) is 13.2 Å². The van der Waals surface area contributed by atoms with E-state index < -0.39 is 12.6 Å². The molecule has 0 atom stereocenters. The Morgan fingerprint density at radius 3 is 2.65 bits per heavy atom. The van der Waals surface area contributed by atoms with Crippen LogP contribution in [-0.4, -0.2) is 57.4 Å². The highest BCUT2D eigenvalue weighted by atomic mass is 32.1. The fourth-order valence-electron chi connectivity index (χ4n) is 5.04. The number of amides is 1. The van der Waals surface area contributed by atoms with Gasteiger partial charge in [-0.1, -0.05) is 0 Å². The maximum atomic E-state index is 12.5. The van der Waals surface area contributed by atoms with Crippen molar-refractivity contribution in [1.29, 1.82) is 0 Å². The van der Waals surface area contributed by atoms with E-state index in [-0.39, 0.29) is 18.5 Å². The Labute approximate surface area is 202 Å². The number of aryl methyl sites for hydroxylation is 2. The molecule has 1 N–H and O–H groups in total. The summed E-state index contributed by atoms with van der Waals surface area (Å²) in [6.07, 6.45) is 6.19. The van der Waals surface area contributed by atoms with E-state index in [2.05, 4.69) is 20.3 Å². The third kappa shape index (κ3) is 7.53. The van der Waals surface area contributed by atoms with E-state index in [0.717, 1.165) is 85.7 Å². The molecule has 0 bridgehead atoms. The fraction of sp³-hybridized carbons (Fsp3) is 0.708. The summed E-state index contributed by atoms with van der Waals surface area (Å²) < 4.78 is 38.9. The van der Waals surface area contributed by atoms with Crippen molar-refractivity contribution in [1.82, 2.24) is 25.0 Å². The highest BCUT2D eigenvalue weighted by Gasteiger charge is 2.28. The molecule has 1 amide bonds. The van der Waals surface area contributed by atoms with Crippen molar-refractivity contribution in [3.63, 3.8) is 0 Å². The summed E-state index contributed by atoms with van der Waals surface area (Å²) in [6.45, 7) is 4.73. The van der Waals surface area contributed by atoms with Gasteiger partial charge in [0.05, 0.1) is 23.5 Å². The zero-order valence-corrected chi connectivity index (χ0v) is 20.6. The first-order valence-electron chi connectivity index (χ1n) is 12.3. The first-order valence-corrected chi connectivity index (χ1v) is 13.1. The van der Waals surface area contributed by atoms with E-state index in [1.165, 1.54) is 4.68 Å². The van der Waals surface area contributed by atoms with Crippen LogP contribution in [0.3, 0.4) is 0 Å². The maximum absolute atomic E-state index is 12.5. The first kappa shape index (κ1) is 25.2. The van der Waals surface area contributed by atoms with Crippen LogP contribution in [0.25, 0.3) is 0 Å². The van der Waals surface area contributed by atoms with Gasteiger partial charge in [0.15, 0.2) is 0 Å². The topological polar surface area (TPSA) is 63.1 Å². The van der Waals surface area contributed by atoms with Gasteiger partial charge in [-0.3, -0.25) is 9.48 Å². The second-order valence-corrected chi connectivity index (χ2v) is 11.0. The number of alkyl halides is 3. The summed E-state index contributed by atoms with van der Waals surface area (Å²) in [5, 5.41) is 8.60. The van der Waals surface area contributed by atoms with Gasteiger partial charge in [0, 0.05) is 49.4 Å². The highest BCUT2D eigenvalue weighted by Crippen LogP contribution is 2.28. The Hall–Kier alpha value is -1.94. The molecule has 34 heavy (non-hydrogen) atoms. The number of hydrogen-bond acceptors (Lipinski definition) is 5. The van der Waals surface area contributed by atoms with Crippen LogP contribution < -0.4 is 5.32 Å². The van der Waals surface area contributed by atoms with E-state index in [1.807, 2.05) is 6.92 Å². The van der Waals surface area contributed by atoms with Crippen LogP contribution in [0.15, 0.2) is 12.4 Å². The van der Waals surface area contributed by atoms with Crippen LogP contribution in [0.2, 0.25) is 0 Å². The Kier molecular flexibility index (Phi) is 8.29. The van der Waals surface area contributed by atoms with Crippen LogP contribution in [0, 0.1) is 12.8 Å². The molecular weight excluding hydrogens is 463 g/mol. The van der Waals surface area contributed by atoms with E-state index in [0.29, 0.717) is 12.3 Å². The van der Waals surface area contributed by atoms with Gasteiger partial charge < -0.3 is 10.2 Å². The Balaban J connectivity index is 1.13.